The molecule has 0 bridgehead atoms. The summed E-state index contributed by atoms with van der Waals surface area (Å²) < 4.78 is 25.7. The molecule has 2 aromatic rings. The molecule has 0 fully saturated rings. The Morgan fingerprint density at radius 3 is 2.55 bits per heavy atom. The lowest BCUT2D eigenvalue weighted by Gasteiger charge is -2.11. The minimum absolute atomic E-state index is 0.0388. The van der Waals surface area contributed by atoms with Crippen LogP contribution in [0.25, 0.3) is 11.3 Å². The first-order valence-corrected chi connectivity index (χ1v) is 5.67. The van der Waals surface area contributed by atoms with Crippen LogP contribution in [0.5, 0.6) is 11.5 Å². The molecule has 0 saturated heterocycles. The van der Waals surface area contributed by atoms with Crippen LogP contribution in [0.2, 0.25) is 0 Å². The number of carbonyl (C=O) groups is 1. The van der Waals surface area contributed by atoms with E-state index >= 15 is 0 Å². The van der Waals surface area contributed by atoms with Crippen molar-refractivity contribution in [3.8, 4) is 22.8 Å². The number of aryl methyl sites for hydroxylation is 1. The van der Waals surface area contributed by atoms with Gasteiger partial charge >= 0.3 is 5.97 Å². The normalized spacial score (nSPS) is 10.4. The molecule has 1 aromatic carbocycles. The second kappa shape index (κ2) is 5.20. The molecular weight excluding hydrogens is 267 g/mol. The molecule has 0 aliphatic rings. The molecule has 1 N–H and O–H groups in total. The monoisotopic (exact) mass is 280 g/mol. The molecule has 0 spiro atoms. The van der Waals surface area contributed by atoms with Gasteiger partial charge in [0.15, 0.2) is 23.0 Å². The summed E-state index contributed by atoms with van der Waals surface area (Å²) in [5, 5.41) is 12.7. The van der Waals surface area contributed by atoms with Crippen molar-refractivity contribution in [2.75, 3.05) is 14.2 Å². The van der Waals surface area contributed by atoms with E-state index in [0.29, 0.717) is 5.69 Å². The van der Waals surface area contributed by atoms with Crippen LogP contribution < -0.4 is 9.47 Å². The van der Waals surface area contributed by atoms with Crippen molar-refractivity contribution >= 4 is 5.97 Å². The van der Waals surface area contributed by atoms with Crippen LogP contribution in [-0.4, -0.2) is 35.1 Å². The van der Waals surface area contributed by atoms with E-state index in [2.05, 4.69) is 5.10 Å². The van der Waals surface area contributed by atoms with Gasteiger partial charge in [-0.15, -0.1) is 0 Å². The zero-order valence-electron chi connectivity index (χ0n) is 11.2. The molecule has 0 saturated carbocycles. The number of ether oxygens (including phenoxy) is 2. The second-order valence-electron chi connectivity index (χ2n) is 4.01. The molecule has 0 radical (unpaired) electrons. The zero-order valence-corrected chi connectivity index (χ0v) is 11.2. The summed E-state index contributed by atoms with van der Waals surface area (Å²) >= 11 is 0. The van der Waals surface area contributed by atoms with Gasteiger partial charge < -0.3 is 14.6 Å². The highest BCUT2D eigenvalue weighted by atomic mass is 19.1. The number of hydrogen-bond acceptors (Lipinski definition) is 4. The van der Waals surface area contributed by atoms with Crippen molar-refractivity contribution in [3.63, 3.8) is 0 Å². The number of aromatic nitrogens is 2. The van der Waals surface area contributed by atoms with Gasteiger partial charge in [-0.2, -0.15) is 5.10 Å². The Morgan fingerprint density at radius 1 is 1.35 bits per heavy atom. The first kappa shape index (κ1) is 13.9. The Bertz CT molecular complexity index is 667. The predicted octanol–water partition coefficient (Wildman–Crippen LogP) is 1.94. The van der Waals surface area contributed by atoms with Crippen LogP contribution in [0.4, 0.5) is 4.39 Å². The van der Waals surface area contributed by atoms with Crippen LogP contribution in [0.1, 0.15) is 10.5 Å². The van der Waals surface area contributed by atoms with Crippen LogP contribution in [0.3, 0.4) is 0 Å². The van der Waals surface area contributed by atoms with Crippen molar-refractivity contribution in [2.24, 2.45) is 7.05 Å². The number of benzene rings is 1. The quantitative estimate of drug-likeness (QED) is 0.926. The molecular formula is C13H13FN2O4. The fourth-order valence-electron chi connectivity index (χ4n) is 1.91. The Morgan fingerprint density at radius 2 is 2.05 bits per heavy atom. The SMILES string of the molecule is COc1ccc(-c2cc(C(=O)O)nn2C)c(F)c1OC. The minimum atomic E-state index is -1.17. The van der Waals surface area contributed by atoms with E-state index in [0.717, 1.165) is 0 Å². The molecule has 0 aliphatic carbocycles. The average molecular weight is 280 g/mol. The average Bonchev–Trinajstić information content (AvgIpc) is 2.80. The van der Waals surface area contributed by atoms with E-state index in [1.54, 1.807) is 6.07 Å². The topological polar surface area (TPSA) is 73.6 Å². The van der Waals surface area contributed by atoms with Crippen LogP contribution in [0, 0.1) is 5.82 Å². The van der Waals surface area contributed by atoms with Gasteiger partial charge in [0.25, 0.3) is 0 Å². The van der Waals surface area contributed by atoms with Gasteiger partial charge in [-0.1, -0.05) is 0 Å². The Balaban J connectivity index is 2.61. The van der Waals surface area contributed by atoms with Gasteiger partial charge in [-0.25, -0.2) is 9.18 Å². The number of carboxylic acids is 1. The number of carboxylic acid groups (broad SMARTS) is 1. The highest BCUT2D eigenvalue weighted by Crippen LogP contribution is 2.36. The molecule has 0 atom stereocenters. The molecule has 1 heterocycles. The Hall–Kier alpha value is -2.57. The molecule has 0 unspecified atom stereocenters. The fraction of sp³-hybridized carbons (Fsp3) is 0.231. The molecule has 7 heteroatoms. The van der Waals surface area contributed by atoms with E-state index in [1.165, 1.54) is 38.1 Å². The Kier molecular flexibility index (Phi) is 3.60. The maximum absolute atomic E-state index is 14.4. The first-order chi connectivity index (χ1) is 9.49. The number of rotatable bonds is 4. The van der Waals surface area contributed by atoms with Gasteiger partial charge in [0.05, 0.1) is 19.9 Å². The van der Waals surface area contributed by atoms with Gasteiger partial charge in [-0.05, 0) is 18.2 Å². The van der Waals surface area contributed by atoms with Crippen LogP contribution in [0.15, 0.2) is 18.2 Å². The number of aromatic carboxylic acids is 1. The molecule has 0 aliphatic heterocycles. The van der Waals surface area contributed by atoms with Crippen molar-refractivity contribution in [2.45, 2.75) is 0 Å². The molecule has 6 nitrogen and oxygen atoms in total. The van der Waals surface area contributed by atoms with E-state index in [9.17, 15) is 9.18 Å². The summed E-state index contributed by atoms with van der Waals surface area (Å²) in [6.45, 7) is 0. The highest BCUT2D eigenvalue weighted by molar-refractivity contribution is 5.87. The van der Waals surface area contributed by atoms with Crippen molar-refractivity contribution < 1.29 is 23.8 Å². The van der Waals surface area contributed by atoms with Crippen molar-refractivity contribution in [1.29, 1.82) is 0 Å². The number of methoxy groups -OCH3 is 2. The van der Waals surface area contributed by atoms with Crippen molar-refractivity contribution in [3.05, 3.63) is 29.7 Å². The van der Waals surface area contributed by atoms with Gasteiger partial charge in [0.1, 0.15) is 0 Å². The van der Waals surface area contributed by atoms with E-state index in [1.807, 2.05) is 0 Å². The van der Waals surface area contributed by atoms with Gasteiger partial charge in [0, 0.05) is 12.6 Å². The zero-order chi connectivity index (χ0) is 14.9. The maximum atomic E-state index is 14.4. The lowest BCUT2D eigenvalue weighted by molar-refractivity contribution is 0.0689. The Labute approximate surface area is 114 Å². The van der Waals surface area contributed by atoms with E-state index < -0.39 is 11.8 Å². The highest BCUT2D eigenvalue weighted by Gasteiger charge is 2.20. The van der Waals surface area contributed by atoms with E-state index in [4.69, 9.17) is 14.6 Å². The predicted molar refractivity (Wildman–Crippen MR) is 68.7 cm³/mol. The lowest BCUT2D eigenvalue weighted by Crippen LogP contribution is -2.00. The van der Waals surface area contributed by atoms with Crippen molar-refractivity contribution in [1.82, 2.24) is 9.78 Å². The van der Waals surface area contributed by atoms with Crippen LogP contribution in [-0.2, 0) is 7.05 Å². The summed E-state index contributed by atoms with van der Waals surface area (Å²) in [6, 6.07) is 4.33. The summed E-state index contributed by atoms with van der Waals surface area (Å²) in [5.41, 5.74) is 0.364. The van der Waals surface area contributed by atoms with E-state index in [-0.39, 0.29) is 22.8 Å². The second-order valence-corrected chi connectivity index (χ2v) is 4.01. The number of halogens is 1. The third-order valence-electron chi connectivity index (χ3n) is 2.86. The van der Waals surface area contributed by atoms with Gasteiger partial charge in [0.2, 0.25) is 0 Å². The largest absolute Gasteiger partial charge is 0.493 e. The maximum Gasteiger partial charge on any atom is 0.356 e. The number of nitrogens with zero attached hydrogens (tertiary/aromatic N) is 2. The first-order valence-electron chi connectivity index (χ1n) is 5.67. The third kappa shape index (κ3) is 2.18. The molecule has 0 amide bonds. The smallest absolute Gasteiger partial charge is 0.356 e. The molecule has 106 valence electrons. The standard InChI is InChI=1S/C13H13FN2O4/c1-16-9(6-8(15-16)13(17)18)7-4-5-10(19-2)12(20-3)11(7)14/h4-6H,1-3H3,(H,17,18). The lowest BCUT2D eigenvalue weighted by atomic mass is 10.1. The third-order valence-corrected chi connectivity index (χ3v) is 2.86. The number of hydrogen-bond donors (Lipinski definition) is 1. The minimum Gasteiger partial charge on any atom is -0.493 e. The fourth-order valence-corrected chi connectivity index (χ4v) is 1.91. The summed E-state index contributed by atoms with van der Waals surface area (Å²) in [6.07, 6.45) is 0. The summed E-state index contributed by atoms with van der Waals surface area (Å²) in [4.78, 5) is 10.9. The molecule has 20 heavy (non-hydrogen) atoms. The summed E-state index contributed by atoms with van der Waals surface area (Å²) in [7, 11) is 4.28. The molecule has 1 aromatic heterocycles. The summed E-state index contributed by atoms with van der Waals surface area (Å²) in [5.74, 6) is -1.59. The van der Waals surface area contributed by atoms with Crippen LogP contribution >= 0.6 is 0 Å². The molecule has 2 rings (SSSR count). The van der Waals surface area contributed by atoms with Gasteiger partial charge in [-0.3, -0.25) is 4.68 Å².